The monoisotopic (exact) mass is 311 g/mol. The molecule has 1 aromatic rings. The number of rotatable bonds is 4. The third kappa shape index (κ3) is 3.65. The molecule has 2 rings (SSSR count). The summed E-state index contributed by atoms with van der Waals surface area (Å²) in [5.41, 5.74) is 0.924. The molecule has 2 unspecified atom stereocenters. The standard InChI is InChI=1S/C16H25NO3S/c1-12-6-7-14(3)15(9-12)21(19,20)17-16(11-18)8-4-5-13(2)10-16/h6-7,9,13,17-18H,4-5,8,10-11H2,1-3H3. The molecule has 0 amide bonds. The molecule has 1 aliphatic rings. The second kappa shape index (κ2) is 6.07. The first kappa shape index (κ1) is 16.5. The zero-order chi connectivity index (χ0) is 15.7. The molecule has 1 saturated carbocycles. The summed E-state index contributed by atoms with van der Waals surface area (Å²) in [7, 11) is -3.62. The van der Waals surface area contributed by atoms with Crippen LogP contribution in [0, 0.1) is 19.8 Å². The average molecular weight is 311 g/mol. The van der Waals surface area contributed by atoms with E-state index >= 15 is 0 Å². The lowest BCUT2D eigenvalue weighted by atomic mass is 9.78. The molecule has 4 nitrogen and oxygen atoms in total. The van der Waals surface area contributed by atoms with Crippen molar-refractivity contribution in [2.75, 3.05) is 6.61 Å². The predicted molar refractivity (Wildman–Crippen MR) is 83.7 cm³/mol. The molecule has 0 radical (unpaired) electrons. The van der Waals surface area contributed by atoms with Gasteiger partial charge in [0.2, 0.25) is 10.0 Å². The van der Waals surface area contributed by atoms with E-state index in [1.165, 1.54) is 0 Å². The van der Waals surface area contributed by atoms with Crippen molar-refractivity contribution in [1.82, 2.24) is 4.72 Å². The number of nitrogens with one attached hydrogen (secondary N) is 1. The minimum Gasteiger partial charge on any atom is -0.394 e. The second-order valence-corrected chi connectivity index (χ2v) is 8.17. The topological polar surface area (TPSA) is 66.4 Å². The Morgan fingerprint density at radius 3 is 2.71 bits per heavy atom. The Balaban J connectivity index is 2.33. The van der Waals surface area contributed by atoms with Crippen LogP contribution in [-0.4, -0.2) is 25.7 Å². The summed E-state index contributed by atoms with van der Waals surface area (Å²) in [5, 5.41) is 9.77. The molecule has 1 fully saturated rings. The fourth-order valence-electron chi connectivity index (χ4n) is 3.27. The maximum absolute atomic E-state index is 12.7. The van der Waals surface area contributed by atoms with E-state index in [4.69, 9.17) is 0 Å². The highest BCUT2D eigenvalue weighted by molar-refractivity contribution is 7.89. The van der Waals surface area contributed by atoms with E-state index in [2.05, 4.69) is 11.6 Å². The Kier molecular flexibility index (Phi) is 4.76. The number of hydrogen-bond donors (Lipinski definition) is 2. The minimum atomic E-state index is -3.62. The molecule has 1 aliphatic carbocycles. The van der Waals surface area contributed by atoms with Crippen molar-refractivity contribution in [3.8, 4) is 0 Å². The van der Waals surface area contributed by atoms with Crippen molar-refractivity contribution in [3.05, 3.63) is 29.3 Å². The zero-order valence-corrected chi connectivity index (χ0v) is 13.8. The van der Waals surface area contributed by atoms with Crippen LogP contribution < -0.4 is 4.72 Å². The maximum Gasteiger partial charge on any atom is 0.241 e. The molecule has 118 valence electrons. The highest BCUT2D eigenvalue weighted by Crippen LogP contribution is 2.33. The quantitative estimate of drug-likeness (QED) is 0.898. The van der Waals surface area contributed by atoms with Crippen LogP contribution in [0.2, 0.25) is 0 Å². The largest absolute Gasteiger partial charge is 0.394 e. The predicted octanol–water partition coefficient (Wildman–Crippen LogP) is 2.52. The summed E-state index contributed by atoms with van der Waals surface area (Å²) in [6.45, 7) is 5.63. The smallest absolute Gasteiger partial charge is 0.241 e. The van der Waals surface area contributed by atoms with Gasteiger partial charge in [0.25, 0.3) is 0 Å². The second-order valence-electron chi connectivity index (χ2n) is 6.51. The van der Waals surface area contributed by atoms with Crippen molar-refractivity contribution in [2.45, 2.75) is 56.9 Å². The number of sulfonamides is 1. The van der Waals surface area contributed by atoms with Crippen molar-refractivity contribution < 1.29 is 13.5 Å². The summed E-state index contributed by atoms with van der Waals surface area (Å²) in [4.78, 5) is 0.313. The first-order valence-electron chi connectivity index (χ1n) is 7.50. The van der Waals surface area contributed by atoms with Crippen molar-refractivity contribution >= 4 is 10.0 Å². The van der Waals surface area contributed by atoms with Gasteiger partial charge in [-0.05, 0) is 49.8 Å². The molecule has 0 aliphatic heterocycles. The van der Waals surface area contributed by atoms with Crippen molar-refractivity contribution in [2.24, 2.45) is 5.92 Å². The van der Waals surface area contributed by atoms with E-state index in [0.29, 0.717) is 23.7 Å². The molecular weight excluding hydrogens is 286 g/mol. The van der Waals surface area contributed by atoms with Gasteiger partial charge in [0.1, 0.15) is 0 Å². The summed E-state index contributed by atoms with van der Waals surface area (Å²) < 4.78 is 28.2. The molecule has 21 heavy (non-hydrogen) atoms. The van der Waals surface area contributed by atoms with E-state index in [1.807, 2.05) is 19.1 Å². The molecule has 2 atom stereocenters. The Morgan fingerprint density at radius 2 is 2.10 bits per heavy atom. The van der Waals surface area contributed by atoms with Gasteiger partial charge in [0.15, 0.2) is 0 Å². The Bertz CT molecular complexity index is 612. The number of aliphatic hydroxyl groups is 1. The lowest BCUT2D eigenvalue weighted by molar-refractivity contribution is 0.119. The molecule has 0 spiro atoms. The fourth-order valence-corrected chi connectivity index (χ4v) is 5.03. The lowest BCUT2D eigenvalue weighted by Gasteiger charge is -2.39. The first-order valence-corrected chi connectivity index (χ1v) is 8.98. The summed E-state index contributed by atoms with van der Waals surface area (Å²) in [5.74, 6) is 0.423. The number of hydrogen-bond acceptors (Lipinski definition) is 3. The third-order valence-electron chi connectivity index (χ3n) is 4.38. The summed E-state index contributed by atoms with van der Waals surface area (Å²) >= 11 is 0. The molecule has 0 heterocycles. The summed E-state index contributed by atoms with van der Waals surface area (Å²) in [6.07, 6.45) is 3.41. The van der Waals surface area contributed by atoms with Gasteiger partial charge in [-0.3, -0.25) is 0 Å². The molecule has 1 aromatic carbocycles. The van der Waals surface area contributed by atoms with E-state index < -0.39 is 15.6 Å². The van der Waals surface area contributed by atoms with Crippen molar-refractivity contribution in [3.63, 3.8) is 0 Å². The van der Waals surface area contributed by atoms with Crippen LogP contribution >= 0.6 is 0 Å². The summed E-state index contributed by atoms with van der Waals surface area (Å²) in [6, 6.07) is 5.41. The minimum absolute atomic E-state index is 0.151. The van der Waals surface area contributed by atoms with E-state index in [9.17, 15) is 13.5 Å². The SMILES string of the molecule is Cc1ccc(C)c(S(=O)(=O)NC2(CO)CCCC(C)C2)c1. The number of benzene rings is 1. The van der Waals surface area contributed by atoms with Crippen LogP contribution in [0.1, 0.15) is 43.7 Å². The van der Waals surface area contributed by atoms with Gasteiger partial charge in [0.05, 0.1) is 17.0 Å². The van der Waals surface area contributed by atoms with Gasteiger partial charge in [-0.2, -0.15) is 0 Å². The molecule has 0 saturated heterocycles. The van der Waals surface area contributed by atoms with Crippen LogP contribution in [0.4, 0.5) is 0 Å². The number of aryl methyl sites for hydroxylation is 2. The highest BCUT2D eigenvalue weighted by Gasteiger charge is 2.38. The maximum atomic E-state index is 12.7. The van der Waals surface area contributed by atoms with E-state index in [-0.39, 0.29) is 6.61 Å². The van der Waals surface area contributed by atoms with Crippen molar-refractivity contribution in [1.29, 1.82) is 0 Å². The average Bonchev–Trinajstić information content (AvgIpc) is 2.41. The number of aliphatic hydroxyl groups excluding tert-OH is 1. The van der Waals surface area contributed by atoms with Gasteiger partial charge >= 0.3 is 0 Å². The highest BCUT2D eigenvalue weighted by atomic mass is 32.2. The van der Waals surface area contributed by atoms with E-state index in [1.54, 1.807) is 13.0 Å². The van der Waals surface area contributed by atoms with Gasteiger partial charge < -0.3 is 5.11 Å². The Morgan fingerprint density at radius 1 is 1.38 bits per heavy atom. The molecule has 5 heteroatoms. The molecule has 0 bridgehead atoms. The lowest BCUT2D eigenvalue weighted by Crippen LogP contribution is -2.53. The van der Waals surface area contributed by atoms with Crippen LogP contribution in [0.3, 0.4) is 0 Å². The first-order chi connectivity index (χ1) is 9.78. The van der Waals surface area contributed by atoms with Crippen LogP contribution in [0.5, 0.6) is 0 Å². The Hall–Kier alpha value is -0.910. The third-order valence-corrected chi connectivity index (χ3v) is 6.10. The van der Waals surface area contributed by atoms with Crippen LogP contribution in [0.25, 0.3) is 0 Å². The fraction of sp³-hybridized carbons (Fsp3) is 0.625. The van der Waals surface area contributed by atoms with Gasteiger partial charge in [-0.1, -0.05) is 31.9 Å². The Labute approximate surface area is 127 Å². The molecule has 0 aromatic heterocycles. The van der Waals surface area contributed by atoms with Gasteiger partial charge in [-0.25, -0.2) is 13.1 Å². The molecular formula is C16H25NO3S. The van der Waals surface area contributed by atoms with E-state index in [0.717, 1.165) is 24.0 Å². The zero-order valence-electron chi connectivity index (χ0n) is 13.0. The van der Waals surface area contributed by atoms with Gasteiger partial charge in [-0.15, -0.1) is 0 Å². The normalized spacial score (nSPS) is 26.8. The van der Waals surface area contributed by atoms with Crippen LogP contribution in [0.15, 0.2) is 23.1 Å². The van der Waals surface area contributed by atoms with Gasteiger partial charge in [0, 0.05) is 0 Å². The molecule has 2 N–H and O–H groups in total. The van der Waals surface area contributed by atoms with Crippen LogP contribution in [-0.2, 0) is 10.0 Å².